The Balaban J connectivity index is 2.24. The third-order valence-electron chi connectivity index (χ3n) is 2.82. The lowest BCUT2D eigenvalue weighted by Crippen LogP contribution is -1.89. The molecule has 0 aliphatic rings. The third-order valence-corrected chi connectivity index (χ3v) is 3.12. The first kappa shape index (κ1) is 10.3. The number of fused-ring (bicyclic) bond motifs is 1. The van der Waals surface area contributed by atoms with Gasteiger partial charge < -0.3 is 0 Å². The van der Waals surface area contributed by atoms with E-state index < -0.39 is 0 Å². The van der Waals surface area contributed by atoms with Gasteiger partial charge in [0.1, 0.15) is 5.15 Å². The van der Waals surface area contributed by atoms with Crippen LogP contribution in [0, 0.1) is 0 Å². The van der Waals surface area contributed by atoms with Crippen molar-refractivity contribution in [2.45, 2.75) is 0 Å². The summed E-state index contributed by atoms with van der Waals surface area (Å²) in [6.07, 6.45) is 3.54. The van der Waals surface area contributed by atoms with Gasteiger partial charge >= 0.3 is 0 Å². The Bertz CT molecular complexity index is 688. The first-order chi connectivity index (χ1) is 8.25. The average Bonchev–Trinajstić information content (AvgIpc) is 2.71. The lowest BCUT2D eigenvalue weighted by atomic mass is 10.1. The van der Waals surface area contributed by atoms with Crippen LogP contribution in [-0.2, 0) is 7.05 Å². The first-order valence-electron chi connectivity index (χ1n) is 5.28. The summed E-state index contributed by atoms with van der Waals surface area (Å²) in [7, 11) is 1.93. The molecule has 0 radical (unpaired) electrons. The van der Waals surface area contributed by atoms with E-state index in [1.54, 1.807) is 6.20 Å². The molecule has 0 spiro atoms. The molecule has 0 atom stereocenters. The van der Waals surface area contributed by atoms with E-state index in [9.17, 15) is 0 Å². The highest BCUT2D eigenvalue weighted by atomic mass is 35.5. The Morgan fingerprint density at radius 1 is 1.24 bits per heavy atom. The van der Waals surface area contributed by atoms with Crippen LogP contribution in [0.2, 0.25) is 5.15 Å². The van der Waals surface area contributed by atoms with Gasteiger partial charge in [0, 0.05) is 24.2 Å². The van der Waals surface area contributed by atoms with Gasteiger partial charge in [-0.3, -0.25) is 4.68 Å². The largest absolute Gasteiger partial charge is 0.268 e. The van der Waals surface area contributed by atoms with Crippen molar-refractivity contribution in [3.63, 3.8) is 0 Å². The molecular weight excluding hydrogens is 234 g/mol. The van der Waals surface area contributed by atoms with Gasteiger partial charge in [-0.1, -0.05) is 23.7 Å². The van der Waals surface area contributed by atoms with E-state index >= 15 is 0 Å². The fraction of sp³-hybridized carbons (Fsp3) is 0.0769. The summed E-state index contributed by atoms with van der Waals surface area (Å²) in [5.74, 6) is 0. The smallest absolute Gasteiger partial charge is 0.136 e. The maximum Gasteiger partial charge on any atom is 0.136 e. The predicted molar refractivity (Wildman–Crippen MR) is 69.0 cm³/mol. The predicted octanol–water partition coefficient (Wildman–Crippen LogP) is 3.29. The molecule has 4 heteroatoms. The van der Waals surface area contributed by atoms with Crippen molar-refractivity contribution in [2.75, 3.05) is 0 Å². The first-order valence-corrected chi connectivity index (χ1v) is 5.66. The maximum absolute atomic E-state index is 6.09. The Labute approximate surface area is 104 Å². The monoisotopic (exact) mass is 243 g/mol. The van der Waals surface area contributed by atoms with Gasteiger partial charge in [0.05, 0.1) is 11.7 Å². The fourth-order valence-corrected chi connectivity index (χ4v) is 2.14. The number of aromatic nitrogens is 3. The molecule has 0 aliphatic heterocycles. The zero-order valence-electron chi connectivity index (χ0n) is 9.26. The minimum atomic E-state index is 0.522. The summed E-state index contributed by atoms with van der Waals surface area (Å²) in [5.41, 5.74) is 3.08. The number of halogens is 1. The van der Waals surface area contributed by atoms with Crippen molar-refractivity contribution < 1.29 is 0 Å². The summed E-state index contributed by atoms with van der Waals surface area (Å²) in [4.78, 5) is 4.09. The van der Waals surface area contributed by atoms with E-state index in [1.165, 1.54) is 0 Å². The summed E-state index contributed by atoms with van der Waals surface area (Å²) < 4.78 is 1.85. The van der Waals surface area contributed by atoms with Gasteiger partial charge in [-0.05, 0) is 23.8 Å². The molecule has 3 nitrogen and oxygen atoms in total. The van der Waals surface area contributed by atoms with Crippen LogP contribution in [-0.4, -0.2) is 14.8 Å². The van der Waals surface area contributed by atoms with Gasteiger partial charge in [-0.25, -0.2) is 4.98 Å². The molecular formula is C13H10ClN3. The standard InChI is InChI=1S/C13H10ClN3/c1-17-12-7-9(4-5-10(12)8-16-17)11-3-2-6-15-13(11)14/h2-8H,1H3. The Hall–Kier alpha value is -1.87. The van der Waals surface area contributed by atoms with E-state index in [1.807, 2.05) is 42.2 Å². The molecule has 0 bridgehead atoms. The Kier molecular flexibility index (Phi) is 2.34. The Morgan fingerprint density at radius 3 is 2.94 bits per heavy atom. The average molecular weight is 244 g/mol. The Morgan fingerprint density at radius 2 is 2.12 bits per heavy atom. The number of hydrogen-bond donors (Lipinski definition) is 0. The fourth-order valence-electron chi connectivity index (χ4n) is 1.91. The molecule has 0 aliphatic carbocycles. The van der Waals surface area contributed by atoms with Gasteiger partial charge in [0.25, 0.3) is 0 Å². The second kappa shape index (κ2) is 3.86. The molecule has 0 saturated heterocycles. The van der Waals surface area contributed by atoms with Crippen LogP contribution in [0.5, 0.6) is 0 Å². The molecule has 3 rings (SSSR count). The van der Waals surface area contributed by atoms with Gasteiger partial charge in [-0.15, -0.1) is 0 Å². The lowest BCUT2D eigenvalue weighted by Gasteiger charge is -2.04. The molecule has 0 N–H and O–H groups in total. The number of benzene rings is 1. The van der Waals surface area contributed by atoms with E-state index in [-0.39, 0.29) is 0 Å². The second-order valence-corrected chi connectivity index (χ2v) is 4.24. The lowest BCUT2D eigenvalue weighted by molar-refractivity contribution is 0.797. The van der Waals surface area contributed by atoms with E-state index in [0.29, 0.717) is 5.15 Å². The topological polar surface area (TPSA) is 30.7 Å². The normalized spacial score (nSPS) is 10.9. The van der Waals surface area contributed by atoms with Crippen molar-refractivity contribution in [1.82, 2.24) is 14.8 Å². The highest BCUT2D eigenvalue weighted by molar-refractivity contribution is 6.32. The number of aryl methyl sites for hydroxylation is 1. The third kappa shape index (κ3) is 1.68. The zero-order valence-corrected chi connectivity index (χ0v) is 10.0. The van der Waals surface area contributed by atoms with Crippen molar-refractivity contribution in [1.29, 1.82) is 0 Å². The summed E-state index contributed by atoms with van der Waals surface area (Å²) in [6.45, 7) is 0. The van der Waals surface area contributed by atoms with Crippen LogP contribution in [0.4, 0.5) is 0 Å². The van der Waals surface area contributed by atoms with Gasteiger partial charge in [0.2, 0.25) is 0 Å². The molecule has 0 fully saturated rings. The molecule has 3 aromatic rings. The van der Waals surface area contributed by atoms with Crippen LogP contribution in [0.15, 0.2) is 42.7 Å². The maximum atomic E-state index is 6.09. The van der Waals surface area contributed by atoms with Gasteiger partial charge in [-0.2, -0.15) is 5.10 Å². The number of pyridine rings is 1. The molecule has 0 unspecified atom stereocenters. The number of rotatable bonds is 1. The van der Waals surface area contributed by atoms with E-state index in [2.05, 4.69) is 16.1 Å². The van der Waals surface area contributed by atoms with E-state index in [4.69, 9.17) is 11.6 Å². The van der Waals surface area contributed by atoms with Crippen LogP contribution >= 0.6 is 11.6 Å². The molecule has 1 aromatic carbocycles. The van der Waals surface area contributed by atoms with Crippen LogP contribution in [0.3, 0.4) is 0 Å². The molecule has 0 amide bonds. The summed E-state index contributed by atoms with van der Waals surface area (Å²) in [6, 6.07) is 10.0. The molecule has 2 heterocycles. The van der Waals surface area contributed by atoms with Crippen LogP contribution in [0.1, 0.15) is 0 Å². The van der Waals surface area contributed by atoms with Crippen LogP contribution in [0.25, 0.3) is 22.0 Å². The molecule has 2 aromatic heterocycles. The second-order valence-electron chi connectivity index (χ2n) is 3.88. The summed E-state index contributed by atoms with van der Waals surface area (Å²) >= 11 is 6.09. The van der Waals surface area contributed by atoms with Crippen molar-refractivity contribution in [3.05, 3.63) is 47.9 Å². The SMILES string of the molecule is Cn1ncc2ccc(-c3cccnc3Cl)cc21. The number of hydrogen-bond acceptors (Lipinski definition) is 2. The molecule has 17 heavy (non-hydrogen) atoms. The highest BCUT2D eigenvalue weighted by Gasteiger charge is 2.06. The van der Waals surface area contributed by atoms with Crippen molar-refractivity contribution in [3.8, 4) is 11.1 Å². The number of nitrogens with zero attached hydrogens (tertiary/aromatic N) is 3. The molecule has 84 valence electrons. The van der Waals surface area contributed by atoms with Crippen molar-refractivity contribution in [2.24, 2.45) is 7.05 Å². The minimum absolute atomic E-state index is 0.522. The minimum Gasteiger partial charge on any atom is -0.268 e. The van der Waals surface area contributed by atoms with Gasteiger partial charge in [0.15, 0.2) is 0 Å². The van der Waals surface area contributed by atoms with Crippen molar-refractivity contribution >= 4 is 22.5 Å². The van der Waals surface area contributed by atoms with Crippen LogP contribution < -0.4 is 0 Å². The quantitative estimate of drug-likeness (QED) is 0.614. The molecule has 0 saturated carbocycles. The zero-order chi connectivity index (χ0) is 11.8. The summed E-state index contributed by atoms with van der Waals surface area (Å²) in [5, 5.41) is 5.86. The van der Waals surface area contributed by atoms with E-state index in [0.717, 1.165) is 22.0 Å². The highest BCUT2D eigenvalue weighted by Crippen LogP contribution is 2.28.